The summed E-state index contributed by atoms with van der Waals surface area (Å²) in [5.41, 5.74) is 2.16. The van der Waals surface area contributed by atoms with E-state index in [1.165, 1.54) is 0 Å². The van der Waals surface area contributed by atoms with Gasteiger partial charge in [0.05, 0.1) is 0 Å². The quantitative estimate of drug-likeness (QED) is 0.592. The number of amides is 5. The summed E-state index contributed by atoms with van der Waals surface area (Å²) < 4.78 is 5.46. The van der Waals surface area contributed by atoms with Crippen LogP contribution in [0.3, 0.4) is 0 Å². The molecule has 210 valence electrons. The maximum Gasteiger partial charge on any atom is 0.410 e. The van der Waals surface area contributed by atoms with Gasteiger partial charge in [0.15, 0.2) is 0 Å². The van der Waals surface area contributed by atoms with Gasteiger partial charge in [-0.05, 0) is 76.0 Å². The Bertz CT molecular complexity index is 1170. The average molecular weight is 539 g/mol. The van der Waals surface area contributed by atoms with E-state index in [0.717, 1.165) is 24.0 Å². The van der Waals surface area contributed by atoms with Gasteiger partial charge in [0, 0.05) is 50.6 Å². The number of piperidine rings is 3. The van der Waals surface area contributed by atoms with Crippen LogP contribution in [-0.4, -0.2) is 82.2 Å². The molecule has 39 heavy (non-hydrogen) atoms. The first-order valence-corrected chi connectivity index (χ1v) is 14.0. The first kappa shape index (κ1) is 27.1. The smallest absolute Gasteiger partial charge is 0.410 e. The van der Waals surface area contributed by atoms with Crippen molar-refractivity contribution in [3.63, 3.8) is 0 Å². The molecule has 1 unspecified atom stereocenters. The van der Waals surface area contributed by atoms with E-state index in [1.54, 1.807) is 9.80 Å². The van der Waals surface area contributed by atoms with Gasteiger partial charge in [-0.3, -0.25) is 24.5 Å². The van der Waals surface area contributed by atoms with Crippen molar-refractivity contribution in [2.45, 2.75) is 83.4 Å². The second kappa shape index (κ2) is 10.6. The number of fused-ring (bicyclic) bond motifs is 1. The summed E-state index contributed by atoms with van der Waals surface area (Å²) in [5, 5.41) is 2.34. The van der Waals surface area contributed by atoms with Crippen LogP contribution in [0.4, 0.5) is 4.79 Å². The third kappa shape index (κ3) is 5.79. The molecule has 5 rings (SSSR count). The van der Waals surface area contributed by atoms with Crippen molar-refractivity contribution in [1.82, 2.24) is 20.0 Å². The summed E-state index contributed by atoms with van der Waals surface area (Å²) in [6.07, 6.45) is 3.29. The van der Waals surface area contributed by atoms with Crippen LogP contribution in [0.15, 0.2) is 18.2 Å². The number of nitrogens with one attached hydrogen (secondary N) is 1. The van der Waals surface area contributed by atoms with E-state index in [2.05, 4.69) is 11.4 Å². The van der Waals surface area contributed by atoms with Crippen LogP contribution >= 0.6 is 0 Å². The van der Waals surface area contributed by atoms with Crippen molar-refractivity contribution >= 4 is 29.7 Å². The minimum atomic E-state index is -0.615. The van der Waals surface area contributed by atoms with Gasteiger partial charge in [-0.15, -0.1) is 0 Å². The molecule has 10 heteroatoms. The number of hydrogen-bond donors (Lipinski definition) is 1. The van der Waals surface area contributed by atoms with Crippen LogP contribution in [-0.2, 0) is 25.7 Å². The van der Waals surface area contributed by atoms with E-state index in [4.69, 9.17) is 4.74 Å². The highest BCUT2D eigenvalue weighted by Gasteiger charge is 2.39. The number of ether oxygens (including phenoxy) is 1. The Kier molecular flexibility index (Phi) is 7.39. The van der Waals surface area contributed by atoms with Crippen molar-refractivity contribution in [3.8, 4) is 0 Å². The van der Waals surface area contributed by atoms with Crippen molar-refractivity contribution in [1.29, 1.82) is 0 Å². The Morgan fingerprint density at radius 3 is 2.23 bits per heavy atom. The molecule has 0 aliphatic carbocycles. The molecule has 3 saturated heterocycles. The summed E-state index contributed by atoms with van der Waals surface area (Å²) >= 11 is 0. The van der Waals surface area contributed by atoms with Gasteiger partial charge < -0.3 is 19.4 Å². The topological polar surface area (TPSA) is 116 Å². The monoisotopic (exact) mass is 538 g/mol. The van der Waals surface area contributed by atoms with Gasteiger partial charge in [0.1, 0.15) is 11.6 Å². The summed E-state index contributed by atoms with van der Waals surface area (Å²) in [6.45, 7) is 8.36. The number of carbonyl (C=O) groups is 5. The van der Waals surface area contributed by atoms with Crippen molar-refractivity contribution in [2.75, 3.05) is 26.2 Å². The lowest BCUT2D eigenvalue weighted by atomic mass is 9.87. The predicted molar refractivity (Wildman–Crippen MR) is 142 cm³/mol. The average Bonchev–Trinajstić information content (AvgIpc) is 3.23. The highest BCUT2D eigenvalue weighted by atomic mass is 16.6. The minimum absolute atomic E-state index is 0.0653. The van der Waals surface area contributed by atoms with Gasteiger partial charge in [-0.25, -0.2) is 4.79 Å². The van der Waals surface area contributed by atoms with Crippen LogP contribution in [0.5, 0.6) is 0 Å². The van der Waals surface area contributed by atoms with Crippen molar-refractivity contribution < 1.29 is 28.7 Å². The van der Waals surface area contributed by atoms with Crippen LogP contribution in [0.25, 0.3) is 0 Å². The van der Waals surface area contributed by atoms with Gasteiger partial charge in [0.25, 0.3) is 5.91 Å². The molecule has 3 fully saturated rings. The summed E-state index contributed by atoms with van der Waals surface area (Å²) in [7, 11) is 0. The number of nitrogens with zero attached hydrogens (tertiary/aromatic N) is 3. The number of hydrogen-bond acceptors (Lipinski definition) is 6. The largest absolute Gasteiger partial charge is 0.444 e. The van der Waals surface area contributed by atoms with E-state index >= 15 is 0 Å². The Morgan fingerprint density at radius 2 is 1.59 bits per heavy atom. The first-order valence-electron chi connectivity index (χ1n) is 14.0. The normalized spacial score (nSPS) is 23.1. The molecule has 0 aromatic heterocycles. The standard InChI is InChI=1S/C29H38N4O6/c1-29(2,3)39-28(38)32-14-10-19(11-15-32)26(36)31-12-8-18(9-13-31)20-4-5-22-21(16-20)17-33(27(22)37)23-6-7-24(34)30-25(23)35/h4-5,16,18-19,23H,6-15,17H2,1-3H3,(H,30,34,35). The van der Waals surface area contributed by atoms with Crippen LogP contribution < -0.4 is 5.32 Å². The lowest BCUT2D eigenvalue weighted by Crippen LogP contribution is -2.52. The van der Waals surface area contributed by atoms with Gasteiger partial charge in [-0.2, -0.15) is 0 Å². The Labute approximate surface area is 229 Å². The zero-order valence-electron chi connectivity index (χ0n) is 23.0. The second-order valence-electron chi connectivity index (χ2n) is 12.2. The molecular formula is C29H38N4O6. The first-order chi connectivity index (χ1) is 18.5. The molecule has 1 aromatic rings. The second-order valence-corrected chi connectivity index (χ2v) is 12.2. The predicted octanol–water partition coefficient (Wildman–Crippen LogP) is 2.80. The fourth-order valence-corrected chi connectivity index (χ4v) is 6.18. The SMILES string of the molecule is CC(C)(C)OC(=O)N1CCC(C(=O)N2CCC(c3ccc4c(c3)CN(C3CCC(=O)NC3=O)C4=O)CC2)CC1. The molecule has 0 spiro atoms. The van der Waals surface area contributed by atoms with Crippen molar-refractivity contribution in [3.05, 3.63) is 34.9 Å². The van der Waals surface area contributed by atoms with E-state index in [-0.39, 0.29) is 36.2 Å². The zero-order chi connectivity index (χ0) is 27.9. The molecule has 4 aliphatic heterocycles. The Hall–Kier alpha value is -3.43. The van der Waals surface area contributed by atoms with Crippen LogP contribution in [0.2, 0.25) is 0 Å². The van der Waals surface area contributed by atoms with Crippen LogP contribution in [0, 0.1) is 5.92 Å². The summed E-state index contributed by atoms with van der Waals surface area (Å²) in [4.78, 5) is 67.6. The number of carbonyl (C=O) groups excluding carboxylic acids is 5. The molecule has 1 atom stereocenters. The van der Waals surface area contributed by atoms with Crippen molar-refractivity contribution in [2.24, 2.45) is 5.92 Å². The third-order valence-corrected chi connectivity index (χ3v) is 8.32. The van der Waals surface area contributed by atoms with E-state index < -0.39 is 17.6 Å². The Morgan fingerprint density at radius 1 is 0.923 bits per heavy atom. The maximum absolute atomic E-state index is 13.2. The minimum Gasteiger partial charge on any atom is -0.444 e. The fourth-order valence-electron chi connectivity index (χ4n) is 6.18. The Balaban J connectivity index is 1.13. The highest BCUT2D eigenvalue weighted by molar-refractivity contribution is 6.05. The lowest BCUT2D eigenvalue weighted by Gasteiger charge is -2.37. The van der Waals surface area contributed by atoms with E-state index in [9.17, 15) is 24.0 Å². The lowest BCUT2D eigenvalue weighted by molar-refractivity contribution is -0.138. The van der Waals surface area contributed by atoms with Gasteiger partial charge >= 0.3 is 6.09 Å². The zero-order valence-corrected chi connectivity index (χ0v) is 23.0. The summed E-state index contributed by atoms with van der Waals surface area (Å²) in [5.74, 6) is -0.447. The molecule has 1 aromatic carbocycles. The summed E-state index contributed by atoms with van der Waals surface area (Å²) in [6, 6.07) is 5.32. The third-order valence-electron chi connectivity index (χ3n) is 8.32. The molecule has 0 saturated carbocycles. The molecular weight excluding hydrogens is 500 g/mol. The highest BCUT2D eigenvalue weighted by Crippen LogP contribution is 2.34. The van der Waals surface area contributed by atoms with Gasteiger partial charge in [0.2, 0.25) is 17.7 Å². The molecule has 4 heterocycles. The van der Waals surface area contributed by atoms with Gasteiger partial charge in [-0.1, -0.05) is 12.1 Å². The molecule has 5 amide bonds. The number of imide groups is 1. The molecule has 4 aliphatic rings. The number of rotatable bonds is 3. The fraction of sp³-hybridized carbons (Fsp3) is 0.621. The van der Waals surface area contributed by atoms with Crippen LogP contribution in [0.1, 0.15) is 86.7 Å². The van der Waals surface area contributed by atoms with E-state index in [0.29, 0.717) is 63.5 Å². The van der Waals surface area contributed by atoms with E-state index in [1.807, 2.05) is 37.8 Å². The maximum atomic E-state index is 13.2. The molecule has 1 N–H and O–H groups in total. The molecule has 10 nitrogen and oxygen atoms in total. The number of benzene rings is 1. The molecule has 0 radical (unpaired) electrons. The number of likely N-dealkylation sites (tertiary alicyclic amines) is 2. The molecule has 0 bridgehead atoms.